The number of likely N-dealkylation sites (N-methyl/N-ethyl adjacent to an activating group) is 1. The van der Waals surface area contributed by atoms with Crippen molar-refractivity contribution in [1.82, 2.24) is 9.80 Å². The van der Waals surface area contributed by atoms with Crippen molar-refractivity contribution in [3.63, 3.8) is 0 Å². The Morgan fingerprint density at radius 1 is 1.39 bits per heavy atom. The molecule has 4 nitrogen and oxygen atoms in total. The first-order valence-corrected chi connectivity index (χ1v) is 7.39. The van der Waals surface area contributed by atoms with Crippen molar-refractivity contribution in [2.24, 2.45) is 0 Å². The summed E-state index contributed by atoms with van der Waals surface area (Å²) in [6.45, 7) is 1.72. The van der Waals surface area contributed by atoms with Gasteiger partial charge in [-0.15, -0.1) is 0 Å². The summed E-state index contributed by atoms with van der Waals surface area (Å²) in [5.41, 5.74) is -0.672. The second-order valence-corrected chi connectivity index (χ2v) is 6.00. The second kappa shape index (κ2) is 6.88. The monoisotopic (exact) mass is 330 g/mol. The minimum atomic E-state index is -4.50. The first kappa shape index (κ1) is 17.7. The van der Waals surface area contributed by atoms with Crippen molar-refractivity contribution in [3.8, 4) is 0 Å². The van der Waals surface area contributed by atoms with Crippen LogP contribution < -0.4 is 0 Å². The number of hydrogen-bond acceptors (Lipinski definition) is 4. The van der Waals surface area contributed by atoms with Crippen LogP contribution in [-0.4, -0.2) is 56.1 Å². The molecule has 0 bridgehead atoms. The summed E-state index contributed by atoms with van der Waals surface area (Å²) in [5, 5.41) is 0. The Labute approximate surface area is 133 Å². The van der Waals surface area contributed by atoms with Gasteiger partial charge in [0, 0.05) is 25.7 Å². The van der Waals surface area contributed by atoms with Crippen LogP contribution in [-0.2, 0) is 17.5 Å². The normalized spacial score (nSPS) is 19.3. The predicted molar refractivity (Wildman–Crippen MR) is 80.2 cm³/mol. The van der Waals surface area contributed by atoms with Gasteiger partial charge in [0.15, 0.2) is 0 Å². The van der Waals surface area contributed by atoms with E-state index in [1.807, 2.05) is 19.0 Å². The molecule has 1 aromatic rings. The molecule has 0 radical (unpaired) electrons. The predicted octanol–water partition coefficient (Wildman–Crippen LogP) is 2.63. The molecule has 23 heavy (non-hydrogen) atoms. The summed E-state index contributed by atoms with van der Waals surface area (Å²) in [5.74, 6) is -0.768. The fourth-order valence-electron chi connectivity index (χ4n) is 2.84. The van der Waals surface area contributed by atoms with Crippen LogP contribution in [0.1, 0.15) is 27.9 Å². The Morgan fingerprint density at radius 2 is 2.09 bits per heavy atom. The quantitative estimate of drug-likeness (QED) is 0.795. The van der Waals surface area contributed by atoms with Crippen LogP contribution in [0.5, 0.6) is 0 Å². The van der Waals surface area contributed by atoms with E-state index in [1.165, 1.54) is 12.1 Å². The lowest BCUT2D eigenvalue weighted by Gasteiger charge is -2.22. The highest BCUT2D eigenvalue weighted by Gasteiger charge is 2.35. The number of ether oxygens (including phenoxy) is 1. The maximum atomic E-state index is 13.3. The van der Waals surface area contributed by atoms with E-state index in [-0.39, 0.29) is 17.7 Å². The number of benzene rings is 1. The largest absolute Gasteiger partial charge is 0.465 e. The van der Waals surface area contributed by atoms with Crippen LogP contribution in [0, 0.1) is 0 Å². The van der Waals surface area contributed by atoms with Gasteiger partial charge in [-0.05, 0) is 38.2 Å². The van der Waals surface area contributed by atoms with Crippen LogP contribution in [0.2, 0.25) is 0 Å². The molecule has 1 aliphatic rings. The number of methoxy groups -OCH3 is 1. The van der Waals surface area contributed by atoms with E-state index in [4.69, 9.17) is 0 Å². The fraction of sp³-hybridized carbons (Fsp3) is 0.562. The third kappa shape index (κ3) is 4.23. The molecule has 0 aliphatic carbocycles. The van der Waals surface area contributed by atoms with E-state index in [0.717, 1.165) is 32.7 Å². The molecule has 0 amide bonds. The average Bonchev–Trinajstić information content (AvgIpc) is 2.94. The van der Waals surface area contributed by atoms with Gasteiger partial charge in [0.2, 0.25) is 0 Å². The van der Waals surface area contributed by atoms with E-state index in [9.17, 15) is 18.0 Å². The zero-order valence-corrected chi connectivity index (χ0v) is 13.5. The highest BCUT2D eigenvalue weighted by molar-refractivity contribution is 5.89. The van der Waals surface area contributed by atoms with Gasteiger partial charge in [0.1, 0.15) is 0 Å². The van der Waals surface area contributed by atoms with Crippen LogP contribution in [0.15, 0.2) is 18.2 Å². The van der Waals surface area contributed by atoms with Gasteiger partial charge in [-0.3, -0.25) is 4.90 Å². The van der Waals surface area contributed by atoms with Crippen LogP contribution in [0.25, 0.3) is 0 Å². The number of rotatable bonds is 4. The molecule has 7 heteroatoms. The average molecular weight is 330 g/mol. The molecule has 1 aliphatic heterocycles. The van der Waals surface area contributed by atoms with Gasteiger partial charge < -0.3 is 9.64 Å². The summed E-state index contributed by atoms with van der Waals surface area (Å²) in [6.07, 6.45) is -3.56. The second-order valence-electron chi connectivity index (χ2n) is 6.00. The lowest BCUT2D eigenvalue weighted by atomic mass is 10.0. The maximum Gasteiger partial charge on any atom is 0.416 e. The summed E-state index contributed by atoms with van der Waals surface area (Å²) < 4.78 is 44.4. The molecule has 0 saturated carbocycles. The Hall–Kier alpha value is -1.60. The van der Waals surface area contributed by atoms with E-state index in [0.29, 0.717) is 6.04 Å². The molecular formula is C16H21F3N2O2. The topological polar surface area (TPSA) is 32.8 Å². The third-order valence-electron chi connectivity index (χ3n) is 4.21. The van der Waals surface area contributed by atoms with E-state index in [2.05, 4.69) is 9.64 Å². The zero-order valence-electron chi connectivity index (χ0n) is 13.5. The van der Waals surface area contributed by atoms with E-state index in [1.54, 1.807) is 0 Å². The lowest BCUT2D eigenvalue weighted by molar-refractivity contribution is -0.138. The highest BCUT2D eigenvalue weighted by Crippen LogP contribution is 2.34. The van der Waals surface area contributed by atoms with Crippen LogP contribution in [0.3, 0.4) is 0 Å². The number of carbonyl (C=O) groups is 1. The molecule has 1 atom stereocenters. The Kier molecular flexibility index (Phi) is 5.31. The standard InChI is InChI=1S/C16H21F3N2O2/c1-20(2)13-6-7-21(10-13)9-12-5-4-11(15(22)23-3)8-14(12)16(17,18)19/h4-5,8,13H,6-7,9-10H2,1-3H3/t13-/m0/s1. The Bertz CT molecular complexity index is 573. The minimum Gasteiger partial charge on any atom is -0.465 e. The van der Waals surface area contributed by atoms with Gasteiger partial charge in [0.25, 0.3) is 0 Å². The van der Waals surface area contributed by atoms with Gasteiger partial charge >= 0.3 is 12.1 Å². The van der Waals surface area contributed by atoms with Crippen molar-refractivity contribution in [3.05, 3.63) is 34.9 Å². The minimum absolute atomic E-state index is 0.0869. The molecule has 2 rings (SSSR count). The number of hydrogen-bond donors (Lipinski definition) is 0. The van der Waals surface area contributed by atoms with Crippen molar-refractivity contribution < 1.29 is 22.7 Å². The van der Waals surface area contributed by atoms with Crippen molar-refractivity contribution >= 4 is 5.97 Å². The Balaban J connectivity index is 2.23. The lowest BCUT2D eigenvalue weighted by Crippen LogP contribution is -2.31. The number of likely N-dealkylation sites (tertiary alicyclic amines) is 1. The third-order valence-corrected chi connectivity index (χ3v) is 4.21. The van der Waals surface area contributed by atoms with Gasteiger partial charge in [0.05, 0.1) is 18.2 Å². The molecule has 0 spiro atoms. The fourth-order valence-corrected chi connectivity index (χ4v) is 2.84. The summed E-state index contributed by atoms with van der Waals surface area (Å²) in [7, 11) is 5.09. The molecule has 128 valence electrons. The number of esters is 1. The van der Waals surface area contributed by atoms with Crippen LogP contribution >= 0.6 is 0 Å². The highest BCUT2D eigenvalue weighted by atomic mass is 19.4. The first-order valence-electron chi connectivity index (χ1n) is 7.39. The molecule has 0 aromatic heterocycles. The van der Waals surface area contributed by atoms with Crippen molar-refractivity contribution in [1.29, 1.82) is 0 Å². The smallest absolute Gasteiger partial charge is 0.416 e. The number of nitrogens with zero attached hydrogens (tertiary/aromatic N) is 2. The maximum absolute atomic E-state index is 13.3. The van der Waals surface area contributed by atoms with E-state index < -0.39 is 17.7 Å². The zero-order chi connectivity index (χ0) is 17.2. The SMILES string of the molecule is COC(=O)c1ccc(CN2CC[C@H](N(C)C)C2)c(C(F)(F)F)c1. The van der Waals surface area contributed by atoms with Gasteiger partial charge in [-0.1, -0.05) is 6.07 Å². The summed E-state index contributed by atoms with van der Waals surface area (Å²) in [6, 6.07) is 3.99. The van der Waals surface area contributed by atoms with Gasteiger partial charge in [-0.2, -0.15) is 13.2 Å². The molecule has 1 heterocycles. The number of halogens is 3. The first-order chi connectivity index (χ1) is 10.7. The van der Waals surface area contributed by atoms with Crippen molar-refractivity contribution in [2.45, 2.75) is 25.2 Å². The van der Waals surface area contributed by atoms with Crippen molar-refractivity contribution in [2.75, 3.05) is 34.3 Å². The summed E-state index contributed by atoms with van der Waals surface area (Å²) >= 11 is 0. The van der Waals surface area contributed by atoms with Crippen LogP contribution in [0.4, 0.5) is 13.2 Å². The summed E-state index contributed by atoms with van der Waals surface area (Å²) in [4.78, 5) is 15.6. The molecule has 1 saturated heterocycles. The molecular weight excluding hydrogens is 309 g/mol. The number of carbonyl (C=O) groups excluding carboxylic acids is 1. The van der Waals surface area contributed by atoms with Gasteiger partial charge in [-0.25, -0.2) is 4.79 Å². The number of alkyl halides is 3. The molecule has 0 unspecified atom stereocenters. The van der Waals surface area contributed by atoms with E-state index >= 15 is 0 Å². The Morgan fingerprint density at radius 3 is 2.61 bits per heavy atom. The molecule has 1 aromatic carbocycles. The molecule has 0 N–H and O–H groups in total. The molecule has 1 fully saturated rings.